The van der Waals surface area contributed by atoms with Crippen molar-refractivity contribution in [2.75, 3.05) is 33.2 Å². The standard InChI is InChI=1S/C22H40N4O3/c1-15(2)12-18-22(29)26(11-10-24(18)5)19(13-16(3)4)21(28)25-8-6-17(7-9-25)14-20(23)27/h15-19H,6-14H2,1-5H3,(H2,23,27)/t18-,19-/m0/s1. The number of likely N-dealkylation sites (N-methyl/N-ethyl adjacent to an activating group) is 1. The molecule has 0 aliphatic carbocycles. The maximum Gasteiger partial charge on any atom is 0.245 e. The molecule has 0 saturated carbocycles. The minimum absolute atomic E-state index is 0.0671. The lowest BCUT2D eigenvalue weighted by molar-refractivity contribution is -0.154. The van der Waals surface area contributed by atoms with Gasteiger partial charge in [0.05, 0.1) is 6.04 Å². The number of hydrogen-bond donors (Lipinski definition) is 1. The molecule has 7 nitrogen and oxygen atoms in total. The summed E-state index contributed by atoms with van der Waals surface area (Å²) < 4.78 is 0. The lowest BCUT2D eigenvalue weighted by Crippen LogP contribution is -2.62. The van der Waals surface area contributed by atoms with Gasteiger partial charge < -0.3 is 15.5 Å². The molecule has 2 heterocycles. The third-order valence-corrected chi connectivity index (χ3v) is 6.26. The second kappa shape index (κ2) is 10.4. The van der Waals surface area contributed by atoms with Gasteiger partial charge in [-0.3, -0.25) is 19.3 Å². The Labute approximate surface area is 175 Å². The molecule has 7 heteroatoms. The Hall–Kier alpha value is -1.63. The molecule has 2 N–H and O–H groups in total. The quantitative estimate of drug-likeness (QED) is 0.662. The van der Waals surface area contributed by atoms with Crippen LogP contribution in [0.3, 0.4) is 0 Å². The minimum atomic E-state index is -0.390. The van der Waals surface area contributed by atoms with Crippen molar-refractivity contribution in [3.63, 3.8) is 0 Å². The molecule has 2 aliphatic rings. The van der Waals surface area contributed by atoms with Crippen molar-refractivity contribution in [3.8, 4) is 0 Å². The molecule has 29 heavy (non-hydrogen) atoms. The number of carbonyl (C=O) groups excluding carboxylic acids is 3. The van der Waals surface area contributed by atoms with E-state index in [-0.39, 0.29) is 29.7 Å². The summed E-state index contributed by atoms with van der Waals surface area (Å²) in [4.78, 5) is 43.8. The molecule has 2 fully saturated rings. The Morgan fingerprint density at radius 3 is 2.17 bits per heavy atom. The first-order valence-corrected chi connectivity index (χ1v) is 11.2. The highest BCUT2D eigenvalue weighted by Crippen LogP contribution is 2.26. The summed E-state index contributed by atoms with van der Waals surface area (Å²) in [6.07, 6.45) is 3.49. The predicted octanol–water partition coefficient (Wildman–Crippen LogP) is 1.70. The summed E-state index contributed by atoms with van der Waals surface area (Å²) in [6.45, 7) is 11.2. The van der Waals surface area contributed by atoms with E-state index in [0.717, 1.165) is 25.8 Å². The Morgan fingerprint density at radius 1 is 1.03 bits per heavy atom. The fourth-order valence-corrected chi connectivity index (χ4v) is 4.61. The Kier molecular flexibility index (Phi) is 8.49. The third kappa shape index (κ3) is 6.43. The minimum Gasteiger partial charge on any atom is -0.370 e. The molecule has 0 spiro atoms. The van der Waals surface area contributed by atoms with E-state index in [1.54, 1.807) is 0 Å². The zero-order chi connectivity index (χ0) is 21.7. The van der Waals surface area contributed by atoms with E-state index in [1.807, 2.05) is 16.8 Å². The molecule has 0 aromatic rings. The molecular formula is C22H40N4O3. The van der Waals surface area contributed by atoms with E-state index in [9.17, 15) is 14.4 Å². The van der Waals surface area contributed by atoms with Crippen LogP contribution in [0.5, 0.6) is 0 Å². The summed E-state index contributed by atoms with van der Waals surface area (Å²) in [5.74, 6) is 0.905. The largest absolute Gasteiger partial charge is 0.370 e. The Morgan fingerprint density at radius 2 is 1.66 bits per heavy atom. The van der Waals surface area contributed by atoms with E-state index < -0.39 is 6.04 Å². The normalized spacial score (nSPS) is 23.1. The van der Waals surface area contributed by atoms with E-state index in [0.29, 0.717) is 44.3 Å². The van der Waals surface area contributed by atoms with E-state index in [2.05, 4.69) is 32.6 Å². The fraction of sp³-hybridized carbons (Fsp3) is 0.864. The molecule has 0 unspecified atom stereocenters. The van der Waals surface area contributed by atoms with E-state index in [4.69, 9.17) is 5.73 Å². The van der Waals surface area contributed by atoms with Crippen molar-refractivity contribution in [1.82, 2.24) is 14.7 Å². The number of piperazine rings is 1. The summed E-state index contributed by atoms with van der Waals surface area (Å²) in [7, 11) is 2.01. The van der Waals surface area contributed by atoms with Gasteiger partial charge in [-0.25, -0.2) is 0 Å². The Balaban J connectivity index is 2.11. The summed E-state index contributed by atoms with van der Waals surface area (Å²) in [6, 6.07) is -0.536. The van der Waals surface area contributed by atoms with Gasteiger partial charge in [-0.1, -0.05) is 27.7 Å². The van der Waals surface area contributed by atoms with Crippen LogP contribution in [0.2, 0.25) is 0 Å². The summed E-state index contributed by atoms with van der Waals surface area (Å²) >= 11 is 0. The summed E-state index contributed by atoms with van der Waals surface area (Å²) in [5.41, 5.74) is 5.32. The van der Waals surface area contributed by atoms with Crippen molar-refractivity contribution in [2.24, 2.45) is 23.5 Å². The number of primary amides is 1. The lowest BCUT2D eigenvalue weighted by Gasteiger charge is -2.44. The number of piperidine rings is 1. The topological polar surface area (TPSA) is 87.0 Å². The van der Waals surface area contributed by atoms with Gasteiger partial charge in [0.2, 0.25) is 17.7 Å². The molecule has 3 amide bonds. The first-order chi connectivity index (χ1) is 13.6. The van der Waals surface area contributed by atoms with Crippen LogP contribution in [0, 0.1) is 17.8 Å². The zero-order valence-corrected chi connectivity index (χ0v) is 18.9. The predicted molar refractivity (Wildman–Crippen MR) is 114 cm³/mol. The number of nitrogens with two attached hydrogens (primary N) is 1. The molecule has 0 aromatic carbocycles. The van der Waals surface area contributed by atoms with Crippen LogP contribution in [0.15, 0.2) is 0 Å². The number of carbonyl (C=O) groups is 3. The molecule has 2 atom stereocenters. The van der Waals surface area contributed by atoms with E-state index >= 15 is 0 Å². The van der Waals surface area contributed by atoms with Crippen molar-refractivity contribution in [1.29, 1.82) is 0 Å². The number of rotatable bonds is 8. The van der Waals surface area contributed by atoms with Crippen molar-refractivity contribution < 1.29 is 14.4 Å². The van der Waals surface area contributed by atoms with Gasteiger partial charge >= 0.3 is 0 Å². The molecule has 166 valence electrons. The van der Waals surface area contributed by atoms with Crippen molar-refractivity contribution in [3.05, 3.63) is 0 Å². The van der Waals surface area contributed by atoms with Crippen LogP contribution in [-0.4, -0.2) is 77.7 Å². The highest BCUT2D eigenvalue weighted by molar-refractivity contribution is 5.90. The molecule has 2 aliphatic heterocycles. The first-order valence-electron chi connectivity index (χ1n) is 11.2. The van der Waals surface area contributed by atoms with Gasteiger partial charge in [-0.2, -0.15) is 0 Å². The maximum absolute atomic E-state index is 13.4. The van der Waals surface area contributed by atoms with E-state index in [1.165, 1.54) is 0 Å². The second-order valence-corrected chi connectivity index (χ2v) is 9.74. The maximum atomic E-state index is 13.4. The third-order valence-electron chi connectivity index (χ3n) is 6.26. The first kappa shape index (κ1) is 23.6. The van der Waals surface area contributed by atoms with Gasteiger partial charge in [0.1, 0.15) is 6.04 Å². The number of likely N-dealkylation sites (tertiary alicyclic amines) is 1. The molecule has 0 radical (unpaired) electrons. The summed E-state index contributed by atoms with van der Waals surface area (Å²) in [5, 5.41) is 0. The SMILES string of the molecule is CC(C)C[C@H]1C(=O)N([C@@H](CC(C)C)C(=O)N2CCC(CC(N)=O)CC2)CCN1C. The van der Waals surface area contributed by atoms with Crippen LogP contribution in [0.25, 0.3) is 0 Å². The highest BCUT2D eigenvalue weighted by atomic mass is 16.2. The number of hydrogen-bond acceptors (Lipinski definition) is 4. The van der Waals surface area contributed by atoms with Crippen molar-refractivity contribution in [2.45, 2.75) is 71.9 Å². The van der Waals surface area contributed by atoms with Crippen LogP contribution >= 0.6 is 0 Å². The average molecular weight is 409 g/mol. The second-order valence-electron chi connectivity index (χ2n) is 9.74. The van der Waals surface area contributed by atoms with Gasteiger partial charge in [0.15, 0.2) is 0 Å². The van der Waals surface area contributed by atoms with Crippen molar-refractivity contribution >= 4 is 17.7 Å². The van der Waals surface area contributed by atoms with Gasteiger partial charge in [-0.15, -0.1) is 0 Å². The van der Waals surface area contributed by atoms with Crippen LogP contribution < -0.4 is 5.73 Å². The number of amides is 3. The number of nitrogens with zero attached hydrogens (tertiary/aromatic N) is 3. The average Bonchev–Trinajstić information content (AvgIpc) is 2.63. The Bertz CT molecular complexity index is 585. The molecule has 0 aromatic heterocycles. The van der Waals surface area contributed by atoms with Gasteiger partial charge in [-0.05, 0) is 50.5 Å². The smallest absolute Gasteiger partial charge is 0.245 e. The van der Waals surface area contributed by atoms with Crippen LogP contribution in [-0.2, 0) is 14.4 Å². The molecular weight excluding hydrogens is 368 g/mol. The highest BCUT2D eigenvalue weighted by Gasteiger charge is 2.41. The van der Waals surface area contributed by atoms with Gasteiger partial charge in [0, 0.05) is 32.6 Å². The van der Waals surface area contributed by atoms with Crippen LogP contribution in [0.1, 0.15) is 59.8 Å². The molecule has 2 saturated heterocycles. The zero-order valence-electron chi connectivity index (χ0n) is 18.9. The lowest BCUT2D eigenvalue weighted by atomic mass is 9.91. The monoisotopic (exact) mass is 408 g/mol. The van der Waals surface area contributed by atoms with Gasteiger partial charge in [0.25, 0.3) is 0 Å². The van der Waals surface area contributed by atoms with Crippen LogP contribution in [0.4, 0.5) is 0 Å². The fourth-order valence-electron chi connectivity index (χ4n) is 4.61. The molecule has 0 bridgehead atoms. The molecule has 2 rings (SSSR count).